The third-order valence-corrected chi connectivity index (χ3v) is 5.74. The first-order valence-corrected chi connectivity index (χ1v) is 8.49. The van der Waals surface area contributed by atoms with Crippen molar-refractivity contribution in [2.45, 2.75) is 31.2 Å². The van der Waals surface area contributed by atoms with E-state index in [-0.39, 0.29) is 12.0 Å². The summed E-state index contributed by atoms with van der Waals surface area (Å²) in [7, 11) is -3.92. The van der Waals surface area contributed by atoms with Crippen molar-refractivity contribution in [2.75, 3.05) is 19.6 Å². The normalized spacial score (nSPS) is 24.2. The fourth-order valence-electron chi connectivity index (χ4n) is 2.71. The quantitative estimate of drug-likeness (QED) is 0.923. The summed E-state index contributed by atoms with van der Waals surface area (Å²) < 4.78 is 52.9. The molecule has 1 fully saturated rings. The summed E-state index contributed by atoms with van der Waals surface area (Å²) in [5.74, 6) is -1.70. The van der Waals surface area contributed by atoms with Crippen LogP contribution in [0.5, 0.6) is 0 Å². The van der Waals surface area contributed by atoms with E-state index in [9.17, 15) is 17.2 Å². The summed E-state index contributed by atoms with van der Waals surface area (Å²) in [6, 6.07) is 2.81. The van der Waals surface area contributed by atoms with Crippen LogP contribution < -0.4 is 5.32 Å². The number of hydrogen-bond acceptors (Lipinski definition) is 3. The van der Waals surface area contributed by atoms with Crippen molar-refractivity contribution in [3.05, 3.63) is 29.8 Å². The zero-order chi connectivity index (χ0) is 15.6. The van der Waals surface area contributed by atoms with Gasteiger partial charge in [-0.2, -0.15) is 4.31 Å². The molecule has 0 spiro atoms. The Bertz CT molecular complexity index is 607. The molecule has 2 unspecified atom stereocenters. The largest absolute Gasteiger partial charge is 0.314 e. The molecule has 0 saturated carbocycles. The molecule has 1 aliphatic heterocycles. The van der Waals surface area contributed by atoms with Gasteiger partial charge in [0.15, 0.2) is 0 Å². The lowest BCUT2D eigenvalue weighted by Crippen LogP contribution is -2.50. The minimum absolute atomic E-state index is 0.136. The highest BCUT2D eigenvalue weighted by Crippen LogP contribution is 2.25. The Labute approximate surface area is 124 Å². The molecule has 1 aliphatic rings. The number of hydrogen-bond donors (Lipinski definition) is 1. The van der Waals surface area contributed by atoms with Crippen molar-refractivity contribution in [1.82, 2.24) is 9.62 Å². The van der Waals surface area contributed by atoms with Gasteiger partial charge in [0.25, 0.3) is 0 Å². The molecule has 0 amide bonds. The maximum atomic E-state index is 13.7. The van der Waals surface area contributed by atoms with Crippen molar-refractivity contribution in [1.29, 1.82) is 0 Å². The Hall–Kier alpha value is -1.05. The standard InChI is InChI=1S/C14H20F2N2O2S/c1-3-17-13-6-7-18(9-10(13)2)21(19,20)14-5-4-11(15)8-12(14)16/h4-5,8,10,13,17H,3,6-7,9H2,1-2H3. The van der Waals surface area contributed by atoms with E-state index in [1.54, 1.807) is 0 Å². The number of nitrogens with one attached hydrogen (secondary N) is 1. The van der Waals surface area contributed by atoms with E-state index in [1.807, 2.05) is 13.8 Å². The fraction of sp³-hybridized carbons (Fsp3) is 0.571. The Kier molecular flexibility index (Phi) is 4.95. The van der Waals surface area contributed by atoms with Crippen LogP contribution in [0.3, 0.4) is 0 Å². The molecule has 4 nitrogen and oxygen atoms in total. The van der Waals surface area contributed by atoms with E-state index < -0.39 is 26.6 Å². The Morgan fingerprint density at radius 2 is 2.10 bits per heavy atom. The lowest BCUT2D eigenvalue weighted by molar-refractivity contribution is 0.222. The van der Waals surface area contributed by atoms with Crippen LogP contribution >= 0.6 is 0 Å². The molecule has 2 atom stereocenters. The second-order valence-electron chi connectivity index (χ2n) is 5.37. The average molecular weight is 318 g/mol. The van der Waals surface area contributed by atoms with Gasteiger partial charge in [0.05, 0.1) is 0 Å². The number of sulfonamides is 1. The zero-order valence-corrected chi connectivity index (χ0v) is 13.0. The number of rotatable bonds is 4. The highest BCUT2D eigenvalue weighted by molar-refractivity contribution is 7.89. The Morgan fingerprint density at radius 1 is 1.38 bits per heavy atom. The summed E-state index contributed by atoms with van der Waals surface area (Å²) >= 11 is 0. The van der Waals surface area contributed by atoms with Crippen LogP contribution in [0.4, 0.5) is 8.78 Å². The van der Waals surface area contributed by atoms with Gasteiger partial charge in [-0.3, -0.25) is 0 Å². The molecule has 0 bridgehead atoms. The SMILES string of the molecule is CCNC1CCN(S(=O)(=O)c2ccc(F)cc2F)CC1C. The van der Waals surface area contributed by atoms with E-state index in [0.29, 0.717) is 25.6 Å². The smallest absolute Gasteiger partial charge is 0.245 e. The van der Waals surface area contributed by atoms with Crippen molar-refractivity contribution in [2.24, 2.45) is 5.92 Å². The van der Waals surface area contributed by atoms with Crippen LogP contribution in [0.15, 0.2) is 23.1 Å². The van der Waals surface area contributed by atoms with E-state index in [1.165, 1.54) is 4.31 Å². The summed E-state index contributed by atoms with van der Waals surface area (Å²) in [5, 5.41) is 3.32. The first-order chi connectivity index (χ1) is 9.86. The van der Waals surface area contributed by atoms with Gasteiger partial charge in [-0.05, 0) is 31.0 Å². The monoisotopic (exact) mass is 318 g/mol. The van der Waals surface area contributed by atoms with Gasteiger partial charge in [-0.15, -0.1) is 0 Å². The molecule has 2 rings (SSSR count). The minimum Gasteiger partial charge on any atom is -0.314 e. The predicted molar refractivity (Wildman–Crippen MR) is 76.4 cm³/mol. The molecule has 0 radical (unpaired) electrons. The van der Waals surface area contributed by atoms with Gasteiger partial charge in [-0.25, -0.2) is 17.2 Å². The first kappa shape index (κ1) is 16.3. The summed E-state index contributed by atoms with van der Waals surface area (Å²) in [4.78, 5) is -0.460. The van der Waals surface area contributed by atoms with E-state index in [2.05, 4.69) is 5.32 Å². The highest BCUT2D eigenvalue weighted by Gasteiger charge is 2.34. The van der Waals surface area contributed by atoms with Gasteiger partial charge >= 0.3 is 0 Å². The minimum atomic E-state index is -3.92. The average Bonchev–Trinajstić information content (AvgIpc) is 2.40. The molecule has 0 aromatic heterocycles. The maximum absolute atomic E-state index is 13.7. The lowest BCUT2D eigenvalue weighted by Gasteiger charge is -2.36. The van der Waals surface area contributed by atoms with Crippen LogP contribution in [0.2, 0.25) is 0 Å². The van der Waals surface area contributed by atoms with Crippen LogP contribution in [0, 0.1) is 17.6 Å². The number of benzene rings is 1. The summed E-state index contributed by atoms with van der Waals surface area (Å²) in [5.41, 5.74) is 0. The van der Waals surface area contributed by atoms with Crippen molar-refractivity contribution < 1.29 is 17.2 Å². The molecular formula is C14H20F2N2O2S. The van der Waals surface area contributed by atoms with E-state index in [4.69, 9.17) is 0 Å². The molecule has 21 heavy (non-hydrogen) atoms. The Morgan fingerprint density at radius 3 is 2.67 bits per heavy atom. The highest BCUT2D eigenvalue weighted by atomic mass is 32.2. The molecule has 0 aliphatic carbocycles. The molecule has 1 saturated heterocycles. The Balaban J connectivity index is 2.21. The van der Waals surface area contributed by atoms with Gasteiger partial charge < -0.3 is 5.32 Å². The number of nitrogens with zero attached hydrogens (tertiary/aromatic N) is 1. The molecule has 118 valence electrons. The predicted octanol–water partition coefficient (Wildman–Crippen LogP) is 1.97. The van der Waals surface area contributed by atoms with E-state index >= 15 is 0 Å². The van der Waals surface area contributed by atoms with Gasteiger partial charge in [-0.1, -0.05) is 13.8 Å². The maximum Gasteiger partial charge on any atom is 0.245 e. The number of piperidine rings is 1. The van der Waals surface area contributed by atoms with Crippen molar-refractivity contribution >= 4 is 10.0 Å². The van der Waals surface area contributed by atoms with Crippen LogP contribution in [0.25, 0.3) is 0 Å². The van der Waals surface area contributed by atoms with Gasteiger partial charge in [0.1, 0.15) is 16.5 Å². The molecular weight excluding hydrogens is 298 g/mol. The molecule has 7 heteroatoms. The fourth-order valence-corrected chi connectivity index (χ4v) is 4.32. The first-order valence-electron chi connectivity index (χ1n) is 7.05. The van der Waals surface area contributed by atoms with Crippen LogP contribution in [-0.2, 0) is 10.0 Å². The van der Waals surface area contributed by atoms with Crippen LogP contribution in [-0.4, -0.2) is 38.4 Å². The van der Waals surface area contributed by atoms with Crippen molar-refractivity contribution in [3.8, 4) is 0 Å². The van der Waals surface area contributed by atoms with E-state index in [0.717, 1.165) is 18.7 Å². The summed E-state index contributed by atoms with van der Waals surface area (Å²) in [6.07, 6.45) is 0.678. The van der Waals surface area contributed by atoms with Gasteiger partial charge in [0.2, 0.25) is 10.0 Å². The lowest BCUT2D eigenvalue weighted by atomic mass is 9.95. The third-order valence-electron chi connectivity index (χ3n) is 3.85. The molecule has 1 N–H and O–H groups in total. The second kappa shape index (κ2) is 6.37. The molecule has 1 aromatic carbocycles. The van der Waals surface area contributed by atoms with Crippen LogP contribution in [0.1, 0.15) is 20.3 Å². The van der Waals surface area contributed by atoms with Crippen molar-refractivity contribution in [3.63, 3.8) is 0 Å². The second-order valence-corrected chi connectivity index (χ2v) is 7.27. The summed E-state index contributed by atoms with van der Waals surface area (Å²) in [6.45, 7) is 5.46. The third kappa shape index (κ3) is 3.41. The molecule has 1 aromatic rings. The van der Waals surface area contributed by atoms with Gasteiger partial charge in [0, 0.05) is 25.2 Å². The topological polar surface area (TPSA) is 49.4 Å². The zero-order valence-electron chi connectivity index (χ0n) is 12.1. The molecule has 1 heterocycles. The number of halogens is 2.